The summed E-state index contributed by atoms with van der Waals surface area (Å²) < 4.78 is 29.4. The molecule has 1 saturated heterocycles. The molecule has 1 N–H and O–H groups in total. The second-order valence-corrected chi connectivity index (χ2v) is 10.5. The number of aryl methyl sites for hydroxylation is 1. The summed E-state index contributed by atoms with van der Waals surface area (Å²) in [6, 6.07) is 3.34. The molecule has 2 aliphatic rings. The average Bonchev–Trinajstić information content (AvgIpc) is 3.32. The van der Waals surface area contributed by atoms with E-state index in [1.165, 1.54) is 22.1 Å². The van der Waals surface area contributed by atoms with Crippen LogP contribution >= 0.6 is 11.3 Å². The van der Waals surface area contributed by atoms with E-state index in [0.29, 0.717) is 30.1 Å². The minimum Gasteiger partial charge on any atom is -0.349 e. The van der Waals surface area contributed by atoms with Crippen LogP contribution in [0.3, 0.4) is 0 Å². The van der Waals surface area contributed by atoms with Crippen LogP contribution in [-0.4, -0.2) is 46.5 Å². The predicted octanol–water partition coefficient (Wildman–Crippen LogP) is 1.78. The minimum atomic E-state index is -3.51. The Bertz CT molecular complexity index is 923. The smallest absolute Gasteiger partial charge is 0.252 e. The fourth-order valence-corrected chi connectivity index (χ4v) is 6.57. The summed E-state index contributed by atoms with van der Waals surface area (Å²) in [6.07, 6.45) is 5.72. The highest BCUT2D eigenvalue weighted by molar-refractivity contribution is 7.91. The van der Waals surface area contributed by atoms with Gasteiger partial charge in [0.1, 0.15) is 10.0 Å². The zero-order chi connectivity index (χ0) is 19.6. The molecule has 1 unspecified atom stereocenters. The van der Waals surface area contributed by atoms with Crippen LogP contribution in [0.1, 0.15) is 43.8 Å². The fraction of sp³-hybridized carbons (Fsp3) is 0.611. The highest BCUT2D eigenvalue weighted by Gasteiger charge is 2.33. The molecular weight excluding hydrogens is 398 g/mol. The molecule has 0 saturated carbocycles. The minimum absolute atomic E-state index is 0.114. The van der Waals surface area contributed by atoms with E-state index in [2.05, 4.69) is 20.1 Å². The van der Waals surface area contributed by atoms with E-state index >= 15 is 0 Å². The highest BCUT2D eigenvalue weighted by atomic mass is 32.2. The molecule has 4 rings (SSSR count). The van der Waals surface area contributed by atoms with Gasteiger partial charge in [0, 0.05) is 26.1 Å². The van der Waals surface area contributed by atoms with E-state index in [4.69, 9.17) is 0 Å². The van der Waals surface area contributed by atoms with Gasteiger partial charge in [0.15, 0.2) is 5.82 Å². The maximum Gasteiger partial charge on any atom is 0.252 e. The molecule has 0 radical (unpaired) electrons. The molecule has 4 heterocycles. The normalized spacial score (nSPS) is 21.1. The number of thiophene rings is 1. The second kappa shape index (κ2) is 8.30. The molecule has 0 spiro atoms. The first kappa shape index (κ1) is 19.5. The Morgan fingerprint density at radius 3 is 2.93 bits per heavy atom. The zero-order valence-electron chi connectivity index (χ0n) is 15.7. The third-order valence-electron chi connectivity index (χ3n) is 5.45. The Kier molecular flexibility index (Phi) is 5.79. The summed E-state index contributed by atoms with van der Waals surface area (Å²) in [6.45, 7) is 1.91. The van der Waals surface area contributed by atoms with Gasteiger partial charge in [-0.1, -0.05) is 12.5 Å². The van der Waals surface area contributed by atoms with Gasteiger partial charge in [0.05, 0.1) is 12.5 Å². The zero-order valence-corrected chi connectivity index (χ0v) is 17.3. The molecule has 1 amide bonds. The maximum atomic E-state index is 12.7. The van der Waals surface area contributed by atoms with Crippen molar-refractivity contribution in [3.8, 4) is 0 Å². The Balaban J connectivity index is 1.38. The molecule has 8 nitrogen and oxygen atoms in total. The Morgan fingerprint density at radius 1 is 1.21 bits per heavy atom. The van der Waals surface area contributed by atoms with Gasteiger partial charge in [-0.2, -0.15) is 4.31 Å². The van der Waals surface area contributed by atoms with Crippen LogP contribution in [0.25, 0.3) is 0 Å². The molecule has 0 bridgehead atoms. The van der Waals surface area contributed by atoms with Gasteiger partial charge >= 0.3 is 0 Å². The van der Waals surface area contributed by atoms with Crippen molar-refractivity contribution in [2.75, 3.05) is 13.1 Å². The number of carbonyl (C=O) groups is 1. The van der Waals surface area contributed by atoms with Crippen molar-refractivity contribution >= 4 is 27.3 Å². The molecule has 152 valence electrons. The largest absolute Gasteiger partial charge is 0.349 e. The third-order valence-corrected chi connectivity index (χ3v) is 8.69. The molecule has 2 aromatic heterocycles. The molecule has 0 aromatic carbocycles. The molecule has 10 heteroatoms. The summed E-state index contributed by atoms with van der Waals surface area (Å²) in [5.41, 5.74) is 0. The number of amides is 1. The van der Waals surface area contributed by atoms with Crippen molar-refractivity contribution in [3.05, 3.63) is 29.2 Å². The number of aromatic nitrogens is 3. The summed E-state index contributed by atoms with van der Waals surface area (Å²) in [5, 5.41) is 13.2. The number of nitrogens with one attached hydrogen (secondary N) is 1. The van der Waals surface area contributed by atoms with Crippen molar-refractivity contribution in [2.24, 2.45) is 5.92 Å². The number of piperidine rings is 1. The van der Waals surface area contributed by atoms with Crippen molar-refractivity contribution in [3.63, 3.8) is 0 Å². The number of hydrogen-bond donors (Lipinski definition) is 1. The van der Waals surface area contributed by atoms with Crippen molar-refractivity contribution in [2.45, 2.75) is 55.8 Å². The molecule has 1 fully saturated rings. The fourth-order valence-electron chi connectivity index (χ4n) is 3.90. The SMILES string of the molecule is O=C(NCc1nnc2n1CCCCC2)C1CCCN(S(=O)(=O)c2cccs2)C1. The summed E-state index contributed by atoms with van der Waals surface area (Å²) in [7, 11) is -3.51. The Labute approximate surface area is 169 Å². The van der Waals surface area contributed by atoms with E-state index in [1.807, 2.05) is 0 Å². The molecule has 2 aliphatic heterocycles. The van der Waals surface area contributed by atoms with E-state index in [1.54, 1.807) is 17.5 Å². The summed E-state index contributed by atoms with van der Waals surface area (Å²) in [5.74, 6) is 1.32. The van der Waals surface area contributed by atoms with Crippen LogP contribution < -0.4 is 5.32 Å². The number of hydrogen-bond acceptors (Lipinski definition) is 6. The first-order chi connectivity index (χ1) is 13.6. The van der Waals surface area contributed by atoms with E-state index in [9.17, 15) is 13.2 Å². The standard InChI is InChI=1S/C18H25N5O3S2/c24-18(19-12-16-21-20-15-7-2-1-3-10-23(15)16)14-6-4-9-22(13-14)28(25,26)17-8-5-11-27-17/h5,8,11,14H,1-4,6-7,9-10,12-13H2,(H,19,24). The number of carbonyl (C=O) groups excluding carboxylic acids is 1. The van der Waals surface area contributed by atoms with Gasteiger partial charge in [-0.05, 0) is 37.1 Å². The Hall–Kier alpha value is -1.78. The van der Waals surface area contributed by atoms with E-state index < -0.39 is 10.0 Å². The van der Waals surface area contributed by atoms with Gasteiger partial charge in [-0.15, -0.1) is 21.5 Å². The van der Waals surface area contributed by atoms with Crippen LogP contribution in [0.4, 0.5) is 0 Å². The van der Waals surface area contributed by atoms with Crippen molar-refractivity contribution < 1.29 is 13.2 Å². The molecule has 2 aromatic rings. The number of fused-ring (bicyclic) bond motifs is 1. The van der Waals surface area contributed by atoms with Crippen molar-refractivity contribution in [1.82, 2.24) is 24.4 Å². The van der Waals surface area contributed by atoms with Gasteiger partial charge in [0.25, 0.3) is 10.0 Å². The average molecular weight is 424 g/mol. The molecular formula is C18H25N5O3S2. The van der Waals surface area contributed by atoms with Gasteiger partial charge in [-0.25, -0.2) is 8.42 Å². The predicted molar refractivity (Wildman–Crippen MR) is 105 cm³/mol. The molecule has 28 heavy (non-hydrogen) atoms. The lowest BCUT2D eigenvalue weighted by molar-refractivity contribution is -0.126. The van der Waals surface area contributed by atoms with E-state index in [0.717, 1.165) is 37.5 Å². The third kappa shape index (κ3) is 3.99. The first-order valence-electron chi connectivity index (χ1n) is 9.78. The number of sulfonamides is 1. The van der Waals surface area contributed by atoms with Crippen LogP contribution in [-0.2, 0) is 34.3 Å². The van der Waals surface area contributed by atoms with Crippen molar-refractivity contribution in [1.29, 1.82) is 0 Å². The van der Waals surface area contributed by atoms with Gasteiger partial charge in [0.2, 0.25) is 5.91 Å². The maximum absolute atomic E-state index is 12.7. The van der Waals surface area contributed by atoms with Crippen LogP contribution in [0, 0.1) is 5.92 Å². The summed E-state index contributed by atoms with van der Waals surface area (Å²) >= 11 is 1.21. The molecule has 1 atom stereocenters. The van der Waals surface area contributed by atoms with Crippen LogP contribution in [0.15, 0.2) is 21.7 Å². The Morgan fingerprint density at radius 2 is 2.11 bits per heavy atom. The number of rotatable bonds is 5. The first-order valence-corrected chi connectivity index (χ1v) is 12.1. The van der Waals surface area contributed by atoms with Gasteiger partial charge < -0.3 is 9.88 Å². The van der Waals surface area contributed by atoms with Crippen LogP contribution in [0.5, 0.6) is 0 Å². The quantitative estimate of drug-likeness (QED) is 0.791. The molecule has 0 aliphatic carbocycles. The lowest BCUT2D eigenvalue weighted by atomic mass is 9.99. The lowest BCUT2D eigenvalue weighted by Gasteiger charge is -2.30. The van der Waals surface area contributed by atoms with E-state index in [-0.39, 0.29) is 18.4 Å². The highest BCUT2D eigenvalue weighted by Crippen LogP contribution is 2.26. The van der Waals surface area contributed by atoms with Crippen LogP contribution in [0.2, 0.25) is 0 Å². The van der Waals surface area contributed by atoms with Gasteiger partial charge in [-0.3, -0.25) is 4.79 Å². The lowest BCUT2D eigenvalue weighted by Crippen LogP contribution is -2.45. The monoisotopic (exact) mass is 423 g/mol. The topological polar surface area (TPSA) is 97.2 Å². The summed E-state index contributed by atoms with van der Waals surface area (Å²) in [4.78, 5) is 12.7. The number of nitrogens with zero attached hydrogens (tertiary/aromatic N) is 4. The second-order valence-electron chi connectivity index (χ2n) is 7.35.